The van der Waals surface area contributed by atoms with Gasteiger partial charge in [-0.3, -0.25) is 57.7 Å². The number of amides is 11. The third-order valence-corrected chi connectivity index (χ3v) is 14.5. The van der Waals surface area contributed by atoms with Crippen molar-refractivity contribution >= 4 is 82.9 Å². The normalized spacial score (nSPS) is 14.5. The van der Waals surface area contributed by atoms with Crippen LogP contribution in [0.5, 0.6) is 5.75 Å². The van der Waals surface area contributed by atoms with E-state index in [1.807, 2.05) is 0 Å². The molecule has 2 aromatic carbocycles. The number of primary amides is 1. The molecule has 0 saturated carbocycles. The highest BCUT2D eigenvalue weighted by Crippen LogP contribution is 2.15. The van der Waals surface area contributed by atoms with E-state index in [9.17, 15) is 93.0 Å². The van der Waals surface area contributed by atoms with E-state index < -0.39 is 182 Å². The number of phenolic OH excluding ortho intramolecular Hbond substituents is 1. The number of carboxylic acids is 1. The molecule has 0 fully saturated rings. The monoisotopic (exact) mass is 1360 g/mol. The van der Waals surface area contributed by atoms with Crippen molar-refractivity contribution in [3.8, 4) is 5.75 Å². The summed E-state index contributed by atoms with van der Waals surface area (Å²) in [6.45, 7) is 3.97. The summed E-state index contributed by atoms with van der Waals surface area (Å²) in [7, 11) is 0. The van der Waals surface area contributed by atoms with Crippen molar-refractivity contribution in [3.63, 3.8) is 0 Å². The SMILES string of the molecule is CC(C)[C@H](NC(=O)[C@H](CC(N)=O)NC(=O)[C@H](CCCCN)NC(=O)[C@H](CO)NC(=O)[C@H](CO)NC(=O)[C@H](CO)NC(=O)[C@@H](NC(=O)[C@H](Cc1ccc(O)cc1)NC(=O)CCCCCOC(=O)c1ccccc1)[C@@H](C)O)C(=O)N[C@H](C(=O)N[C@@H](CCCN=C(N)N)C(=O)O)C(C)C. The molecule has 0 aliphatic carbocycles. The standard InChI is InChI=1S/C61H95N15O20/c1-32(2)47(56(90)69-39(59(93)94)18-14-25-66-61(64)65)75-57(91)48(33(3)4)74-52(86)41(28-45(63)82)70-50(84)38(17-11-12-24-62)68-53(87)42(29-77)71-54(88)43(30-78)72-55(89)44(31-79)73-58(92)49(34(5)80)76-51(85)40(27-35-20-22-37(81)23-21-35)67-46(83)19-10-7-13-26-96-60(95)36-15-8-6-9-16-36/h6,8-9,15-16,20-23,32-34,38-44,47-49,77-81H,7,10-14,17-19,24-31,62H2,1-5H3,(H2,63,82)(H,67,83)(H,68,87)(H,69,90)(H,70,84)(H,71,88)(H,72,89)(H,73,92)(H,74,86)(H,75,91)(H,76,85)(H,93,94)(H4,64,65,66)/t34-,38+,39+,40+,41+,42+,43+,44+,47+,48+,49+/m1/s1. The van der Waals surface area contributed by atoms with Crippen LogP contribution in [0.2, 0.25) is 0 Å². The van der Waals surface area contributed by atoms with Crippen LogP contribution in [-0.2, 0) is 68.7 Å². The number of hydrogen-bond acceptors (Lipinski definition) is 21. The maximum atomic E-state index is 14.0. The second kappa shape index (κ2) is 43.4. The first-order valence-corrected chi connectivity index (χ1v) is 31.2. The van der Waals surface area contributed by atoms with Crippen LogP contribution in [0.4, 0.5) is 0 Å². The van der Waals surface area contributed by atoms with E-state index in [1.54, 1.807) is 44.2 Å². The van der Waals surface area contributed by atoms with E-state index >= 15 is 0 Å². The number of nitrogens with one attached hydrogen (secondary N) is 10. The van der Waals surface area contributed by atoms with Gasteiger partial charge in [-0.25, -0.2) is 9.59 Å². The summed E-state index contributed by atoms with van der Waals surface area (Å²) in [6.07, 6.45) is -1.30. The van der Waals surface area contributed by atoms with E-state index in [0.29, 0.717) is 30.4 Å². The van der Waals surface area contributed by atoms with Crippen molar-refractivity contribution in [1.29, 1.82) is 0 Å². The van der Waals surface area contributed by atoms with E-state index in [4.69, 9.17) is 27.7 Å². The molecule has 11 atom stereocenters. The number of aliphatic imine (C=N–C) groups is 1. The molecule has 0 heterocycles. The van der Waals surface area contributed by atoms with Crippen LogP contribution in [0.3, 0.4) is 0 Å². The Hall–Kier alpha value is -9.58. The Kier molecular flexibility index (Phi) is 37.3. The number of guanidine groups is 1. The molecule has 0 saturated heterocycles. The van der Waals surface area contributed by atoms with Gasteiger partial charge in [-0.2, -0.15) is 0 Å². The highest BCUT2D eigenvalue weighted by Gasteiger charge is 2.38. The first-order valence-electron chi connectivity index (χ1n) is 31.2. The number of phenols is 1. The van der Waals surface area contributed by atoms with Crippen molar-refractivity contribution in [2.75, 3.05) is 39.5 Å². The highest BCUT2D eigenvalue weighted by atomic mass is 16.5. The minimum atomic E-state index is -1.98. The van der Waals surface area contributed by atoms with Crippen LogP contribution in [0.15, 0.2) is 59.6 Å². The third-order valence-electron chi connectivity index (χ3n) is 14.5. The molecule has 96 heavy (non-hydrogen) atoms. The van der Waals surface area contributed by atoms with Crippen LogP contribution < -0.4 is 76.1 Å². The van der Waals surface area contributed by atoms with Gasteiger partial charge in [0, 0.05) is 19.4 Å². The van der Waals surface area contributed by atoms with Crippen molar-refractivity contribution in [3.05, 3.63) is 65.7 Å². The van der Waals surface area contributed by atoms with Gasteiger partial charge in [0.1, 0.15) is 66.2 Å². The Morgan fingerprint density at radius 3 is 1.44 bits per heavy atom. The number of hydrogen-bond donors (Lipinski definition) is 20. The third kappa shape index (κ3) is 30.2. The van der Waals surface area contributed by atoms with Crippen molar-refractivity contribution in [1.82, 2.24) is 53.2 Å². The van der Waals surface area contributed by atoms with Crippen LogP contribution in [0, 0.1) is 11.8 Å². The lowest BCUT2D eigenvalue weighted by molar-refractivity contribution is -0.143. The lowest BCUT2D eigenvalue weighted by atomic mass is 9.98. The van der Waals surface area contributed by atoms with Crippen LogP contribution >= 0.6 is 0 Å². The number of rotatable bonds is 45. The predicted octanol–water partition coefficient (Wildman–Crippen LogP) is -5.99. The number of esters is 1. The lowest BCUT2D eigenvalue weighted by Gasteiger charge is -2.29. The molecular formula is C61H95N15O20. The fourth-order valence-electron chi connectivity index (χ4n) is 9.08. The fraction of sp³-hybridized carbons (Fsp3) is 0.574. The van der Waals surface area contributed by atoms with Gasteiger partial charge < -0.3 is 111 Å². The molecule has 0 bridgehead atoms. The number of ether oxygens (including phenoxy) is 1. The summed E-state index contributed by atoms with van der Waals surface area (Å²) in [5.74, 6) is -15.5. The van der Waals surface area contributed by atoms with E-state index in [1.165, 1.54) is 38.1 Å². The van der Waals surface area contributed by atoms with Gasteiger partial charge in [-0.1, -0.05) is 58.0 Å². The van der Waals surface area contributed by atoms with Crippen LogP contribution in [-0.4, -0.2) is 220 Å². The first kappa shape index (κ1) is 82.5. The second-order valence-electron chi connectivity index (χ2n) is 23.1. The number of benzene rings is 2. The van der Waals surface area contributed by atoms with Crippen LogP contribution in [0.25, 0.3) is 0 Å². The Balaban J connectivity index is 2.21. The number of unbranched alkanes of at least 4 members (excludes halogenated alkanes) is 3. The molecule has 2 rings (SSSR count). The minimum absolute atomic E-state index is 0.0692. The number of aliphatic hydroxyl groups excluding tert-OH is 4. The van der Waals surface area contributed by atoms with E-state index in [-0.39, 0.29) is 76.4 Å². The molecular weight excluding hydrogens is 1260 g/mol. The topological polar surface area (TPSA) is 589 Å². The molecule has 0 spiro atoms. The summed E-state index contributed by atoms with van der Waals surface area (Å²) in [6, 6.07) is -2.81. The smallest absolute Gasteiger partial charge is 0.338 e. The van der Waals surface area contributed by atoms with Crippen molar-refractivity contribution in [2.45, 2.75) is 172 Å². The van der Waals surface area contributed by atoms with Gasteiger partial charge in [0.25, 0.3) is 0 Å². The van der Waals surface area contributed by atoms with Gasteiger partial charge in [0.05, 0.1) is 44.5 Å². The average molecular weight is 1360 g/mol. The Morgan fingerprint density at radius 1 is 0.490 bits per heavy atom. The van der Waals surface area contributed by atoms with Gasteiger partial charge in [0.2, 0.25) is 65.0 Å². The molecule has 0 aliphatic rings. The minimum Gasteiger partial charge on any atom is -0.508 e. The molecule has 35 heteroatoms. The van der Waals surface area contributed by atoms with Gasteiger partial charge in [0.15, 0.2) is 5.96 Å². The summed E-state index contributed by atoms with van der Waals surface area (Å²) >= 11 is 0. The number of aliphatic carboxylic acids is 1. The molecule has 2 aromatic rings. The van der Waals surface area contributed by atoms with E-state index in [0.717, 1.165) is 6.92 Å². The molecule has 0 radical (unpaired) electrons. The highest BCUT2D eigenvalue weighted by molar-refractivity contribution is 6.00. The van der Waals surface area contributed by atoms with E-state index in [2.05, 4.69) is 58.2 Å². The predicted molar refractivity (Wildman–Crippen MR) is 343 cm³/mol. The number of nitrogens with zero attached hydrogens (tertiary/aromatic N) is 1. The second-order valence-corrected chi connectivity index (χ2v) is 23.1. The molecule has 24 N–H and O–H groups in total. The number of carbonyl (C=O) groups excluding carboxylic acids is 12. The number of nitrogens with two attached hydrogens (primary N) is 4. The van der Waals surface area contributed by atoms with Crippen molar-refractivity contribution < 1.29 is 97.7 Å². The molecule has 0 aromatic heterocycles. The van der Waals surface area contributed by atoms with Gasteiger partial charge in [-0.15, -0.1) is 0 Å². The zero-order chi connectivity index (χ0) is 72.2. The molecule has 0 unspecified atom stereocenters. The Morgan fingerprint density at radius 2 is 0.938 bits per heavy atom. The number of aromatic hydroxyl groups is 1. The molecule has 534 valence electrons. The maximum Gasteiger partial charge on any atom is 0.338 e. The summed E-state index contributed by atoms with van der Waals surface area (Å²) in [5.41, 5.74) is 22.6. The lowest BCUT2D eigenvalue weighted by Crippen LogP contribution is -2.63. The summed E-state index contributed by atoms with van der Waals surface area (Å²) in [5, 5.41) is 84.3. The summed E-state index contributed by atoms with van der Waals surface area (Å²) in [4.78, 5) is 177. The molecule has 0 aliphatic heterocycles. The molecule has 11 amide bonds. The number of carbonyl (C=O) groups is 13. The number of carboxylic acid groups (broad SMARTS) is 1. The quantitative estimate of drug-likeness (QED) is 0.0127. The fourth-order valence-corrected chi connectivity index (χ4v) is 9.08. The zero-order valence-electron chi connectivity index (χ0n) is 54.4. The van der Waals surface area contributed by atoms with Crippen LogP contribution in [0.1, 0.15) is 115 Å². The average Bonchev–Trinajstić information content (AvgIpc) is 1.03. The number of aliphatic hydroxyl groups is 4. The van der Waals surface area contributed by atoms with Gasteiger partial charge in [-0.05, 0) is 106 Å². The largest absolute Gasteiger partial charge is 0.508 e. The molecule has 35 nitrogen and oxygen atoms in total. The van der Waals surface area contributed by atoms with Crippen molar-refractivity contribution in [2.24, 2.45) is 39.8 Å². The summed E-state index contributed by atoms with van der Waals surface area (Å²) < 4.78 is 5.27. The first-order chi connectivity index (χ1) is 45.4. The Labute approximate surface area is 554 Å². The zero-order valence-corrected chi connectivity index (χ0v) is 54.4. The van der Waals surface area contributed by atoms with Gasteiger partial charge >= 0.3 is 11.9 Å². The Bertz CT molecular complexity index is 2940. The maximum absolute atomic E-state index is 14.0.